The molecular formula is C18H20ClI. The second kappa shape index (κ2) is 7.46. The van der Waals surface area contributed by atoms with E-state index in [9.17, 15) is 0 Å². The first-order valence-corrected chi connectivity index (χ1v) is 8.63. The van der Waals surface area contributed by atoms with Crippen LogP contribution in [-0.2, 0) is 6.42 Å². The van der Waals surface area contributed by atoms with E-state index in [1.165, 1.54) is 38.7 Å². The van der Waals surface area contributed by atoms with Crippen LogP contribution in [0.1, 0.15) is 47.4 Å². The molecular weight excluding hydrogens is 379 g/mol. The Bertz CT molecular complexity index is 560. The van der Waals surface area contributed by atoms with Crippen LogP contribution in [0.3, 0.4) is 0 Å². The highest BCUT2D eigenvalue weighted by Gasteiger charge is 2.14. The standard InChI is InChI=1S/C18H20ClI/c1-3-4-7-14-9-11-15(12-10-14)17(19)16-8-5-6-13(2)18(16)20/h5-6,8-12,17H,3-4,7H2,1-2H3. The highest BCUT2D eigenvalue weighted by Crippen LogP contribution is 2.33. The molecule has 0 bridgehead atoms. The number of halogens is 2. The van der Waals surface area contributed by atoms with Gasteiger partial charge in [0.2, 0.25) is 0 Å². The number of hydrogen-bond acceptors (Lipinski definition) is 0. The van der Waals surface area contributed by atoms with Gasteiger partial charge in [0.25, 0.3) is 0 Å². The average Bonchev–Trinajstić information content (AvgIpc) is 2.48. The molecule has 1 atom stereocenters. The number of unbranched alkanes of at least 4 members (excludes halogenated alkanes) is 1. The molecule has 0 aromatic heterocycles. The Morgan fingerprint density at radius 1 is 1.10 bits per heavy atom. The molecule has 0 radical (unpaired) electrons. The quantitative estimate of drug-likeness (QED) is 0.411. The first kappa shape index (κ1) is 15.8. The van der Waals surface area contributed by atoms with Gasteiger partial charge in [0.05, 0.1) is 5.38 Å². The predicted octanol–water partition coefficient (Wildman–Crippen LogP) is 6.27. The smallest absolute Gasteiger partial charge is 0.0845 e. The summed E-state index contributed by atoms with van der Waals surface area (Å²) in [6.07, 6.45) is 3.65. The molecule has 2 rings (SSSR count). The minimum absolute atomic E-state index is 0.0676. The van der Waals surface area contributed by atoms with Gasteiger partial charge in [0.1, 0.15) is 0 Å². The van der Waals surface area contributed by atoms with E-state index in [2.05, 4.69) is 78.9 Å². The summed E-state index contributed by atoms with van der Waals surface area (Å²) in [5.41, 5.74) is 5.07. The average molecular weight is 399 g/mol. The van der Waals surface area contributed by atoms with E-state index in [1.54, 1.807) is 0 Å². The fourth-order valence-electron chi connectivity index (χ4n) is 2.28. The van der Waals surface area contributed by atoms with Crippen LogP contribution in [0.25, 0.3) is 0 Å². The van der Waals surface area contributed by atoms with Gasteiger partial charge >= 0.3 is 0 Å². The van der Waals surface area contributed by atoms with Crippen LogP contribution < -0.4 is 0 Å². The molecule has 0 fully saturated rings. The van der Waals surface area contributed by atoms with Gasteiger partial charge in [-0.2, -0.15) is 0 Å². The van der Waals surface area contributed by atoms with E-state index in [1.807, 2.05) is 0 Å². The number of aryl methyl sites for hydroxylation is 2. The Kier molecular flexibility index (Phi) is 5.91. The van der Waals surface area contributed by atoms with E-state index in [0.717, 1.165) is 6.42 Å². The van der Waals surface area contributed by atoms with Crippen LogP contribution >= 0.6 is 34.2 Å². The Morgan fingerprint density at radius 2 is 1.80 bits per heavy atom. The third kappa shape index (κ3) is 3.76. The van der Waals surface area contributed by atoms with Gasteiger partial charge in [-0.05, 0) is 64.6 Å². The van der Waals surface area contributed by atoms with Gasteiger partial charge in [-0.25, -0.2) is 0 Å². The Labute approximate surface area is 140 Å². The molecule has 2 aromatic rings. The second-order valence-corrected chi connectivity index (χ2v) is 6.70. The Hall–Kier alpha value is -0.540. The minimum atomic E-state index is -0.0676. The van der Waals surface area contributed by atoms with Crippen molar-refractivity contribution in [3.05, 3.63) is 68.3 Å². The summed E-state index contributed by atoms with van der Waals surface area (Å²) in [5.74, 6) is 0. The summed E-state index contributed by atoms with van der Waals surface area (Å²) in [7, 11) is 0. The lowest BCUT2D eigenvalue weighted by Gasteiger charge is -2.14. The van der Waals surface area contributed by atoms with Crippen molar-refractivity contribution in [2.75, 3.05) is 0 Å². The zero-order valence-electron chi connectivity index (χ0n) is 12.0. The van der Waals surface area contributed by atoms with Crippen LogP contribution in [0.5, 0.6) is 0 Å². The molecule has 0 N–H and O–H groups in total. The van der Waals surface area contributed by atoms with Crippen LogP contribution in [0.2, 0.25) is 0 Å². The maximum Gasteiger partial charge on any atom is 0.0845 e. The van der Waals surface area contributed by atoms with Crippen LogP contribution in [0.4, 0.5) is 0 Å². The summed E-state index contributed by atoms with van der Waals surface area (Å²) in [4.78, 5) is 0. The Balaban J connectivity index is 2.20. The van der Waals surface area contributed by atoms with Crippen molar-refractivity contribution >= 4 is 34.2 Å². The molecule has 20 heavy (non-hydrogen) atoms. The molecule has 106 valence electrons. The molecule has 0 heterocycles. The third-order valence-corrected chi connectivity index (χ3v) is 5.55. The normalized spacial score (nSPS) is 12.4. The first-order valence-electron chi connectivity index (χ1n) is 7.11. The van der Waals surface area contributed by atoms with Crippen LogP contribution in [-0.4, -0.2) is 0 Å². The van der Waals surface area contributed by atoms with Crippen molar-refractivity contribution < 1.29 is 0 Å². The van der Waals surface area contributed by atoms with Crippen LogP contribution in [0.15, 0.2) is 42.5 Å². The molecule has 2 heteroatoms. The maximum atomic E-state index is 6.66. The van der Waals surface area contributed by atoms with Crippen molar-refractivity contribution in [1.82, 2.24) is 0 Å². The summed E-state index contributed by atoms with van der Waals surface area (Å²) in [6, 6.07) is 15.1. The van der Waals surface area contributed by atoms with Gasteiger partial charge in [-0.1, -0.05) is 55.8 Å². The van der Waals surface area contributed by atoms with Gasteiger partial charge < -0.3 is 0 Å². The molecule has 0 aliphatic heterocycles. The topological polar surface area (TPSA) is 0 Å². The molecule has 0 aliphatic rings. The largest absolute Gasteiger partial charge is 0.113 e. The summed E-state index contributed by atoms with van der Waals surface area (Å²) in [5, 5.41) is -0.0676. The lowest BCUT2D eigenvalue weighted by atomic mass is 10.00. The zero-order chi connectivity index (χ0) is 14.5. The van der Waals surface area contributed by atoms with Crippen molar-refractivity contribution in [3.63, 3.8) is 0 Å². The molecule has 0 saturated heterocycles. The fraction of sp³-hybridized carbons (Fsp3) is 0.333. The number of rotatable bonds is 5. The van der Waals surface area contributed by atoms with Gasteiger partial charge in [0, 0.05) is 3.57 Å². The monoisotopic (exact) mass is 398 g/mol. The molecule has 0 amide bonds. The van der Waals surface area contributed by atoms with E-state index < -0.39 is 0 Å². The SMILES string of the molecule is CCCCc1ccc(C(Cl)c2cccc(C)c2I)cc1. The lowest BCUT2D eigenvalue weighted by molar-refractivity contribution is 0.794. The molecule has 0 nitrogen and oxygen atoms in total. The zero-order valence-corrected chi connectivity index (χ0v) is 14.9. The highest BCUT2D eigenvalue weighted by atomic mass is 127. The lowest BCUT2D eigenvalue weighted by Crippen LogP contribution is -1.98. The van der Waals surface area contributed by atoms with Gasteiger partial charge in [-0.3, -0.25) is 0 Å². The number of benzene rings is 2. The third-order valence-electron chi connectivity index (χ3n) is 3.59. The predicted molar refractivity (Wildman–Crippen MR) is 96.6 cm³/mol. The summed E-state index contributed by atoms with van der Waals surface area (Å²) in [6.45, 7) is 4.35. The van der Waals surface area contributed by atoms with Crippen molar-refractivity contribution in [2.24, 2.45) is 0 Å². The van der Waals surface area contributed by atoms with E-state index in [4.69, 9.17) is 11.6 Å². The second-order valence-electron chi connectivity index (χ2n) is 5.19. The molecule has 1 unspecified atom stereocenters. The molecule has 0 aliphatic carbocycles. The number of hydrogen-bond donors (Lipinski definition) is 0. The summed E-state index contributed by atoms with van der Waals surface area (Å²) < 4.78 is 1.26. The van der Waals surface area contributed by atoms with Crippen LogP contribution in [0, 0.1) is 10.5 Å². The Morgan fingerprint density at radius 3 is 2.45 bits per heavy atom. The van der Waals surface area contributed by atoms with E-state index >= 15 is 0 Å². The molecule has 0 saturated carbocycles. The maximum absolute atomic E-state index is 6.66. The first-order chi connectivity index (χ1) is 9.63. The van der Waals surface area contributed by atoms with Crippen molar-refractivity contribution in [1.29, 1.82) is 0 Å². The van der Waals surface area contributed by atoms with E-state index in [-0.39, 0.29) is 5.38 Å². The van der Waals surface area contributed by atoms with Gasteiger partial charge in [0.15, 0.2) is 0 Å². The van der Waals surface area contributed by atoms with Gasteiger partial charge in [-0.15, -0.1) is 11.6 Å². The molecule has 2 aromatic carbocycles. The summed E-state index contributed by atoms with van der Waals surface area (Å²) >= 11 is 9.05. The van der Waals surface area contributed by atoms with Crippen molar-refractivity contribution in [2.45, 2.75) is 38.5 Å². The number of alkyl halides is 1. The van der Waals surface area contributed by atoms with Crippen molar-refractivity contribution in [3.8, 4) is 0 Å². The minimum Gasteiger partial charge on any atom is -0.113 e. The highest BCUT2D eigenvalue weighted by molar-refractivity contribution is 14.1. The molecule has 0 spiro atoms. The van der Waals surface area contributed by atoms with E-state index in [0.29, 0.717) is 0 Å². The fourth-order valence-corrected chi connectivity index (χ4v) is 3.46.